The van der Waals surface area contributed by atoms with Crippen LogP contribution in [0.25, 0.3) is 11.3 Å². The summed E-state index contributed by atoms with van der Waals surface area (Å²) in [6, 6.07) is 15.8. The highest BCUT2D eigenvalue weighted by Gasteiger charge is 2.10. The van der Waals surface area contributed by atoms with Crippen molar-refractivity contribution in [3.8, 4) is 11.3 Å². The van der Waals surface area contributed by atoms with Gasteiger partial charge in [0.05, 0.1) is 12.1 Å². The third kappa shape index (κ3) is 4.71. The van der Waals surface area contributed by atoms with E-state index in [2.05, 4.69) is 48.4 Å². The van der Waals surface area contributed by atoms with Gasteiger partial charge < -0.3 is 5.32 Å². The van der Waals surface area contributed by atoms with Crippen LogP contribution in [0.1, 0.15) is 37.3 Å². The van der Waals surface area contributed by atoms with Crippen LogP contribution in [-0.4, -0.2) is 10.9 Å². The lowest BCUT2D eigenvalue weighted by molar-refractivity contribution is -0.115. The Balaban J connectivity index is 1.64. The van der Waals surface area contributed by atoms with Crippen molar-refractivity contribution in [2.75, 3.05) is 5.32 Å². The third-order valence-electron chi connectivity index (χ3n) is 4.42. The van der Waals surface area contributed by atoms with E-state index in [9.17, 15) is 4.79 Å². The molecule has 1 unspecified atom stereocenters. The number of carbonyl (C=O) groups is 1. The van der Waals surface area contributed by atoms with Gasteiger partial charge in [-0.05, 0) is 35.6 Å². The molecule has 134 valence electrons. The summed E-state index contributed by atoms with van der Waals surface area (Å²) in [5.74, 6) is 0.475. The summed E-state index contributed by atoms with van der Waals surface area (Å²) in [6.07, 6.45) is 1.43. The van der Waals surface area contributed by atoms with E-state index in [0.717, 1.165) is 23.2 Å². The zero-order valence-corrected chi connectivity index (χ0v) is 16.4. The number of nitrogens with one attached hydrogen (secondary N) is 1. The molecular formula is C21H21ClN2OS. The number of halogens is 1. The molecule has 1 heterocycles. The molecule has 1 atom stereocenters. The molecule has 0 bridgehead atoms. The molecule has 0 saturated carbocycles. The van der Waals surface area contributed by atoms with E-state index in [4.69, 9.17) is 11.6 Å². The molecule has 2 aromatic carbocycles. The highest BCUT2D eigenvalue weighted by atomic mass is 35.5. The van der Waals surface area contributed by atoms with Gasteiger partial charge in [0.15, 0.2) is 5.13 Å². The lowest BCUT2D eigenvalue weighted by Crippen LogP contribution is -2.14. The fourth-order valence-corrected chi connectivity index (χ4v) is 3.49. The summed E-state index contributed by atoms with van der Waals surface area (Å²) >= 11 is 7.30. The van der Waals surface area contributed by atoms with Crippen LogP contribution in [0, 0.1) is 0 Å². The van der Waals surface area contributed by atoms with E-state index in [0.29, 0.717) is 22.5 Å². The second-order valence-electron chi connectivity index (χ2n) is 6.32. The first-order valence-electron chi connectivity index (χ1n) is 8.65. The van der Waals surface area contributed by atoms with Gasteiger partial charge in [0, 0.05) is 16.0 Å². The van der Waals surface area contributed by atoms with Crippen LogP contribution in [0.2, 0.25) is 5.02 Å². The highest BCUT2D eigenvalue weighted by Crippen LogP contribution is 2.27. The van der Waals surface area contributed by atoms with Crippen LogP contribution in [-0.2, 0) is 11.2 Å². The van der Waals surface area contributed by atoms with Gasteiger partial charge in [0.1, 0.15) is 0 Å². The van der Waals surface area contributed by atoms with Gasteiger partial charge >= 0.3 is 0 Å². The fraction of sp³-hybridized carbons (Fsp3) is 0.238. The molecule has 0 radical (unpaired) electrons. The summed E-state index contributed by atoms with van der Waals surface area (Å²) in [6.45, 7) is 4.42. The molecule has 1 N–H and O–H groups in total. The first-order valence-corrected chi connectivity index (χ1v) is 9.91. The minimum atomic E-state index is -0.0830. The number of anilines is 1. The van der Waals surface area contributed by atoms with Crippen molar-refractivity contribution in [3.05, 3.63) is 70.1 Å². The number of hydrogen-bond donors (Lipinski definition) is 1. The molecule has 1 aromatic heterocycles. The van der Waals surface area contributed by atoms with Crippen molar-refractivity contribution in [3.63, 3.8) is 0 Å². The van der Waals surface area contributed by atoms with Crippen molar-refractivity contribution in [2.45, 2.75) is 32.6 Å². The van der Waals surface area contributed by atoms with Gasteiger partial charge in [-0.3, -0.25) is 4.79 Å². The molecule has 5 heteroatoms. The Hall–Kier alpha value is -2.17. The van der Waals surface area contributed by atoms with Gasteiger partial charge in [-0.1, -0.05) is 61.8 Å². The maximum atomic E-state index is 12.2. The molecule has 0 aliphatic carbocycles. The Bertz CT molecular complexity index is 872. The maximum absolute atomic E-state index is 12.2. The average molecular weight is 385 g/mol. The summed E-state index contributed by atoms with van der Waals surface area (Å²) in [5.41, 5.74) is 4.20. The number of amides is 1. The van der Waals surface area contributed by atoms with Gasteiger partial charge in [-0.15, -0.1) is 11.3 Å². The Morgan fingerprint density at radius 3 is 2.50 bits per heavy atom. The smallest absolute Gasteiger partial charge is 0.230 e. The largest absolute Gasteiger partial charge is 0.302 e. The summed E-state index contributed by atoms with van der Waals surface area (Å²) < 4.78 is 0. The van der Waals surface area contributed by atoms with Gasteiger partial charge in [0.25, 0.3) is 0 Å². The monoisotopic (exact) mass is 384 g/mol. The third-order valence-corrected chi connectivity index (χ3v) is 5.43. The SMILES string of the molecule is CCC(C)c1ccc(-c2csc(NC(=O)Cc3ccc(Cl)cc3)n2)cc1. The van der Waals surface area contributed by atoms with E-state index in [1.165, 1.54) is 16.9 Å². The number of aromatic nitrogens is 1. The van der Waals surface area contributed by atoms with Crippen LogP contribution < -0.4 is 5.32 Å². The molecule has 3 rings (SSSR count). The van der Waals surface area contributed by atoms with Gasteiger partial charge in [-0.2, -0.15) is 0 Å². The number of thiazole rings is 1. The normalized spacial score (nSPS) is 12.0. The van der Waals surface area contributed by atoms with Crippen molar-refractivity contribution >= 4 is 34.0 Å². The molecule has 0 saturated heterocycles. The van der Waals surface area contributed by atoms with E-state index in [1.54, 1.807) is 12.1 Å². The quantitative estimate of drug-likeness (QED) is 0.553. The van der Waals surface area contributed by atoms with Crippen molar-refractivity contribution in [1.82, 2.24) is 4.98 Å². The van der Waals surface area contributed by atoms with Gasteiger partial charge in [-0.25, -0.2) is 4.98 Å². The van der Waals surface area contributed by atoms with Crippen molar-refractivity contribution in [2.24, 2.45) is 0 Å². The number of hydrogen-bond acceptors (Lipinski definition) is 3. The fourth-order valence-electron chi connectivity index (χ4n) is 2.63. The number of nitrogens with zero attached hydrogens (tertiary/aromatic N) is 1. The summed E-state index contributed by atoms with van der Waals surface area (Å²) in [4.78, 5) is 16.7. The molecule has 0 spiro atoms. The zero-order chi connectivity index (χ0) is 18.5. The van der Waals surface area contributed by atoms with Crippen molar-refractivity contribution in [1.29, 1.82) is 0 Å². The molecule has 0 aliphatic rings. The molecule has 3 nitrogen and oxygen atoms in total. The standard InChI is InChI=1S/C21H21ClN2OS/c1-3-14(2)16-6-8-17(9-7-16)19-13-26-21(23-19)24-20(25)12-15-4-10-18(22)11-5-15/h4-11,13-14H,3,12H2,1-2H3,(H,23,24,25). The Kier molecular flexibility index (Phi) is 6.07. The van der Waals surface area contributed by atoms with Crippen molar-refractivity contribution < 1.29 is 4.79 Å². The molecule has 26 heavy (non-hydrogen) atoms. The van der Waals surface area contributed by atoms with Crippen LogP contribution in [0.3, 0.4) is 0 Å². The average Bonchev–Trinajstić information content (AvgIpc) is 3.11. The number of benzene rings is 2. The second kappa shape index (κ2) is 8.47. The minimum Gasteiger partial charge on any atom is -0.302 e. The highest BCUT2D eigenvalue weighted by molar-refractivity contribution is 7.14. The maximum Gasteiger partial charge on any atom is 0.230 e. The molecular weight excluding hydrogens is 364 g/mol. The summed E-state index contributed by atoms with van der Waals surface area (Å²) in [7, 11) is 0. The van der Waals surface area contributed by atoms with Gasteiger partial charge in [0.2, 0.25) is 5.91 Å². The Morgan fingerprint density at radius 1 is 1.15 bits per heavy atom. The molecule has 0 fully saturated rings. The predicted molar refractivity (Wildman–Crippen MR) is 110 cm³/mol. The lowest BCUT2D eigenvalue weighted by atomic mass is 9.97. The van der Waals surface area contributed by atoms with Crippen LogP contribution in [0.5, 0.6) is 0 Å². The van der Waals surface area contributed by atoms with E-state index in [1.807, 2.05) is 17.5 Å². The summed E-state index contributed by atoms with van der Waals surface area (Å²) in [5, 5.41) is 6.12. The zero-order valence-electron chi connectivity index (χ0n) is 14.8. The number of rotatable bonds is 6. The topological polar surface area (TPSA) is 42.0 Å². The molecule has 3 aromatic rings. The van der Waals surface area contributed by atoms with E-state index < -0.39 is 0 Å². The van der Waals surface area contributed by atoms with Crippen LogP contribution >= 0.6 is 22.9 Å². The lowest BCUT2D eigenvalue weighted by Gasteiger charge is -2.08. The minimum absolute atomic E-state index is 0.0830. The van der Waals surface area contributed by atoms with E-state index >= 15 is 0 Å². The first kappa shape index (κ1) is 18.6. The Morgan fingerprint density at radius 2 is 1.85 bits per heavy atom. The first-order chi connectivity index (χ1) is 12.5. The predicted octanol–water partition coefficient (Wildman–Crippen LogP) is 6.16. The second-order valence-corrected chi connectivity index (χ2v) is 7.62. The Labute approximate surface area is 163 Å². The van der Waals surface area contributed by atoms with E-state index in [-0.39, 0.29) is 5.91 Å². The van der Waals surface area contributed by atoms with Crippen LogP contribution in [0.15, 0.2) is 53.9 Å². The molecule has 1 amide bonds. The molecule has 0 aliphatic heterocycles. The van der Waals surface area contributed by atoms with Crippen LogP contribution in [0.4, 0.5) is 5.13 Å². The number of carbonyl (C=O) groups excluding carboxylic acids is 1.